The van der Waals surface area contributed by atoms with Crippen LogP contribution in [0.25, 0.3) is 0 Å². The van der Waals surface area contributed by atoms with E-state index in [9.17, 15) is 9.90 Å². The molecule has 0 aliphatic rings. The Hall–Kier alpha value is -1.06. The van der Waals surface area contributed by atoms with Crippen molar-refractivity contribution < 1.29 is 14.6 Å². The van der Waals surface area contributed by atoms with Gasteiger partial charge in [-0.25, -0.2) is 0 Å². The van der Waals surface area contributed by atoms with Gasteiger partial charge < -0.3 is 15.2 Å². The Labute approximate surface area is 175 Å². The molecule has 25 heavy (non-hydrogen) atoms. The van der Waals surface area contributed by atoms with Crippen LogP contribution in [-0.2, 0) is 0 Å². The third-order valence-electron chi connectivity index (χ3n) is 2.96. The lowest BCUT2D eigenvalue weighted by Crippen LogP contribution is -2.34. The number of phenols is 1. The van der Waals surface area contributed by atoms with Crippen LogP contribution in [0.15, 0.2) is 33.2 Å². The van der Waals surface area contributed by atoms with E-state index in [0.29, 0.717) is 19.7 Å². The fourth-order valence-corrected chi connectivity index (χ4v) is 3.87. The third-order valence-corrected chi connectivity index (χ3v) is 4.87. The highest BCUT2D eigenvalue weighted by Gasteiger charge is 2.18. The van der Waals surface area contributed by atoms with Gasteiger partial charge in [-0.05, 0) is 68.3 Å². The summed E-state index contributed by atoms with van der Waals surface area (Å²) < 4.78 is 6.06. The molecular formula is C15H10Br2Cl2N2O3S. The summed E-state index contributed by atoms with van der Waals surface area (Å²) in [4.78, 5) is 12.4. The van der Waals surface area contributed by atoms with Crippen molar-refractivity contribution in [1.29, 1.82) is 0 Å². The van der Waals surface area contributed by atoms with Crippen molar-refractivity contribution in [3.63, 3.8) is 0 Å². The van der Waals surface area contributed by atoms with E-state index in [4.69, 9.17) is 40.2 Å². The van der Waals surface area contributed by atoms with E-state index in [0.717, 1.165) is 0 Å². The van der Waals surface area contributed by atoms with Gasteiger partial charge in [-0.1, -0.05) is 23.2 Å². The van der Waals surface area contributed by atoms with Crippen LogP contribution in [0.3, 0.4) is 0 Å². The van der Waals surface area contributed by atoms with Gasteiger partial charge in [0.2, 0.25) is 0 Å². The first kappa shape index (κ1) is 20.3. The molecule has 3 N–H and O–H groups in total. The highest BCUT2D eigenvalue weighted by Crippen LogP contribution is 2.35. The Kier molecular flexibility index (Phi) is 6.93. The topological polar surface area (TPSA) is 70.6 Å². The highest BCUT2D eigenvalue weighted by molar-refractivity contribution is 9.11. The van der Waals surface area contributed by atoms with Crippen LogP contribution in [-0.4, -0.2) is 23.2 Å². The Morgan fingerprint density at radius 3 is 2.36 bits per heavy atom. The molecule has 0 bridgehead atoms. The second-order valence-electron chi connectivity index (χ2n) is 4.67. The summed E-state index contributed by atoms with van der Waals surface area (Å²) in [6, 6.07) is 6.11. The maximum Gasteiger partial charge on any atom is 0.261 e. The number of anilines is 1. The number of methoxy groups -OCH3 is 1. The molecule has 0 fully saturated rings. The minimum atomic E-state index is -0.532. The molecule has 1 amide bonds. The van der Waals surface area contributed by atoms with Crippen molar-refractivity contribution >= 4 is 84.0 Å². The number of phenolic OH excluding ortho intramolecular Hbond substituents is 1. The molecule has 0 aliphatic heterocycles. The first-order valence-electron chi connectivity index (χ1n) is 6.56. The summed E-state index contributed by atoms with van der Waals surface area (Å²) in [5.41, 5.74) is 0.704. The number of thiocarbonyl (C=S) groups is 1. The first-order valence-corrected chi connectivity index (χ1v) is 9.31. The van der Waals surface area contributed by atoms with E-state index in [1.165, 1.54) is 19.2 Å². The van der Waals surface area contributed by atoms with Crippen LogP contribution < -0.4 is 15.4 Å². The van der Waals surface area contributed by atoms with Crippen molar-refractivity contribution in [2.24, 2.45) is 0 Å². The average molecular weight is 529 g/mol. The summed E-state index contributed by atoms with van der Waals surface area (Å²) in [5.74, 6) is -0.282. The predicted molar refractivity (Wildman–Crippen MR) is 110 cm³/mol. The number of aromatic hydroxyl groups is 1. The number of hydrogen-bond acceptors (Lipinski definition) is 4. The van der Waals surface area contributed by atoms with Gasteiger partial charge >= 0.3 is 0 Å². The molecule has 0 spiro atoms. The maximum absolute atomic E-state index is 12.4. The van der Waals surface area contributed by atoms with Gasteiger partial charge in [0, 0.05) is 10.7 Å². The summed E-state index contributed by atoms with van der Waals surface area (Å²) in [6.07, 6.45) is 0. The van der Waals surface area contributed by atoms with E-state index in [1.807, 2.05) is 0 Å². The van der Waals surface area contributed by atoms with Gasteiger partial charge in [0.05, 0.1) is 26.6 Å². The molecule has 0 aliphatic carbocycles. The van der Waals surface area contributed by atoms with E-state index < -0.39 is 5.91 Å². The van der Waals surface area contributed by atoms with Gasteiger partial charge in [-0.2, -0.15) is 0 Å². The van der Waals surface area contributed by atoms with Crippen LogP contribution in [0.2, 0.25) is 10.0 Å². The van der Waals surface area contributed by atoms with Crippen molar-refractivity contribution in [3.05, 3.63) is 48.8 Å². The molecule has 0 atom stereocenters. The molecule has 0 radical (unpaired) electrons. The predicted octanol–water partition coefficient (Wildman–Crippen LogP) is 5.36. The number of rotatable bonds is 3. The van der Waals surface area contributed by atoms with Gasteiger partial charge in [0.1, 0.15) is 11.5 Å². The molecule has 0 saturated carbocycles. The van der Waals surface area contributed by atoms with Crippen LogP contribution in [0.4, 0.5) is 5.69 Å². The number of benzene rings is 2. The van der Waals surface area contributed by atoms with Gasteiger partial charge in [-0.15, -0.1) is 0 Å². The van der Waals surface area contributed by atoms with Gasteiger partial charge in [0.15, 0.2) is 5.11 Å². The summed E-state index contributed by atoms with van der Waals surface area (Å²) in [5, 5.41) is 15.6. The van der Waals surface area contributed by atoms with Crippen molar-refractivity contribution in [2.75, 3.05) is 12.4 Å². The summed E-state index contributed by atoms with van der Waals surface area (Å²) in [7, 11) is 1.40. The number of amides is 1. The lowest BCUT2D eigenvalue weighted by molar-refractivity contribution is 0.0975. The van der Waals surface area contributed by atoms with E-state index in [-0.39, 0.29) is 27.2 Å². The SMILES string of the molecule is COc1c(Cl)cc(Cl)cc1C(=O)NC(=S)Nc1cc(Br)c(O)c(Br)c1. The molecular weight excluding hydrogens is 519 g/mol. The number of hydrogen-bond donors (Lipinski definition) is 3. The van der Waals surface area contributed by atoms with Crippen molar-refractivity contribution in [2.45, 2.75) is 0 Å². The second-order valence-corrected chi connectivity index (χ2v) is 7.63. The van der Waals surface area contributed by atoms with E-state index >= 15 is 0 Å². The molecule has 2 aromatic rings. The van der Waals surface area contributed by atoms with Crippen molar-refractivity contribution in [3.8, 4) is 11.5 Å². The summed E-state index contributed by atoms with van der Waals surface area (Å²) in [6.45, 7) is 0. The Balaban J connectivity index is 2.17. The Morgan fingerprint density at radius 1 is 1.20 bits per heavy atom. The standard InChI is InChI=1S/C15H10Br2Cl2N2O3S/c1-24-13-8(2-6(18)3-11(13)19)14(23)21-15(25)20-7-4-9(16)12(22)10(17)5-7/h2-5,22H,1H3,(H2,20,21,23,25). The quantitative estimate of drug-likeness (QED) is 0.369. The maximum atomic E-state index is 12.4. The Bertz CT molecular complexity index is 842. The lowest BCUT2D eigenvalue weighted by atomic mass is 10.2. The second kappa shape index (κ2) is 8.55. The monoisotopic (exact) mass is 526 g/mol. The molecule has 0 aromatic heterocycles. The molecule has 5 nitrogen and oxygen atoms in total. The normalized spacial score (nSPS) is 10.3. The molecule has 10 heteroatoms. The zero-order chi connectivity index (χ0) is 18.7. The van der Waals surface area contributed by atoms with Gasteiger partial charge in [-0.3, -0.25) is 10.1 Å². The smallest absolute Gasteiger partial charge is 0.261 e. The lowest BCUT2D eigenvalue weighted by Gasteiger charge is -2.13. The molecule has 0 saturated heterocycles. The van der Waals surface area contributed by atoms with Crippen LogP contribution in [0.1, 0.15) is 10.4 Å². The van der Waals surface area contributed by atoms with Crippen LogP contribution >= 0.6 is 67.3 Å². The summed E-state index contributed by atoms with van der Waals surface area (Å²) >= 11 is 23.5. The van der Waals surface area contributed by atoms with E-state index in [2.05, 4.69) is 42.5 Å². The molecule has 2 rings (SSSR count). The number of ether oxygens (including phenoxy) is 1. The minimum absolute atomic E-state index is 0.0487. The van der Waals surface area contributed by atoms with E-state index in [1.54, 1.807) is 12.1 Å². The number of nitrogens with one attached hydrogen (secondary N) is 2. The van der Waals surface area contributed by atoms with Gasteiger partial charge in [0.25, 0.3) is 5.91 Å². The fraction of sp³-hybridized carbons (Fsp3) is 0.0667. The number of carbonyl (C=O) groups is 1. The molecule has 0 unspecified atom stereocenters. The van der Waals surface area contributed by atoms with Crippen LogP contribution in [0, 0.1) is 0 Å². The van der Waals surface area contributed by atoms with Crippen molar-refractivity contribution in [1.82, 2.24) is 5.32 Å². The first-order chi connectivity index (χ1) is 11.7. The molecule has 2 aromatic carbocycles. The highest BCUT2D eigenvalue weighted by atomic mass is 79.9. The zero-order valence-corrected chi connectivity index (χ0v) is 18.0. The Morgan fingerprint density at radius 2 is 1.80 bits per heavy atom. The third kappa shape index (κ3) is 4.98. The minimum Gasteiger partial charge on any atom is -0.506 e. The average Bonchev–Trinajstić information content (AvgIpc) is 2.51. The largest absolute Gasteiger partial charge is 0.506 e. The fourth-order valence-electron chi connectivity index (χ4n) is 1.91. The zero-order valence-electron chi connectivity index (χ0n) is 12.5. The number of halogens is 4. The molecule has 132 valence electrons. The number of carbonyl (C=O) groups excluding carboxylic acids is 1. The molecule has 0 heterocycles. The van der Waals surface area contributed by atoms with Crippen LogP contribution in [0.5, 0.6) is 11.5 Å².